The molecule has 3 heterocycles. The zero-order chi connectivity index (χ0) is 14.3. The molecule has 0 aliphatic rings. The third-order valence-corrected chi connectivity index (χ3v) is 3.18. The van der Waals surface area contributed by atoms with Crippen LogP contribution in [0.2, 0.25) is 5.28 Å². The van der Waals surface area contributed by atoms with Gasteiger partial charge in [0, 0.05) is 0 Å². The highest BCUT2D eigenvalue weighted by molar-refractivity contribution is 6.28. The lowest BCUT2D eigenvalue weighted by Crippen LogP contribution is -2.22. The highest BCUT2D eigenvalue weighted by Gasteiger charge is 2.17. The Balaban J connectivity index is 2.18. The lowest BCUT2D eigenvalue weighted by atomic mass is 10.2. The lowest BCUT2D eigenvalue weighted by Gasteiger charge is -2.12. The van der Waals surface area contributed by atoms with Crippen molar-refractivity contribution in [2.45, 2.75) is 13.0 Å². The van der Waals surface area contributed by atoms with E-state index in [9.17, 15) is 9.18 Å². The molecule has 6 nitrogen and oxygen atoms in total. The van der Waals surface area contributed by atoms with E-state index in [1.54, 1.807) is 6.92 Å². The van der Waals surface area contributed by atoms with Crippen molar-refractivity contribution in [2.24, 2.45) is 0 Å². The molecule has 0 fully saturated rings. The van der Waals surface area contributed by atoms with E-state index in [0.717, 1.165) is 6.20 Å². The molecule has 0 radical (unpaired) electrons. The van der Waals surface area contributed by atoms with E-state index >= 15 is 0 Å². The van der Waals surface area contributed by atoms with Gasteiger partial charge in [-0.05, 0) is 30.7 Å². The average Bonchev–Trinajstić information content (AvgIpc) is 2.74. The molecule has 8 heteroatoms. The average molecular weight is 294 g/mol. The van der Waals surface area contributed by atoms with Crippen LogP contribution < -0.4 is 5.69 Å². The van der Waals surface area contributed by atoms with E-state index in [1.165, 1.54) is 22.9 Å². The van der Waals surface area contributed by atoms with Gasteiger partial charge in [-0.2, -0.15) is 4.98 Å². The fourth-order valence-electron chi connectivity index (χ4n) is 2.02. The van der Waals surface area contributed by atoms with Gasteiger partial charge in [-0.25, -0.2) is 14.2 Å². The summed E-state index contributed by atoms with van der Waals surface area (Å²) in [6, 6.07) is 2.40. The standard InChI is InChI=1S/C12H9ClFN5O/c1-6(8-3-2-7(14)4-15-8)19-10-9(17-12(19)20)5-16-11(13)18-10/h2-6H,1H3,(H,17,20)/t6-/m1/s1. The van der Waals surface area contributed by atoms with Crippen molar-refractivity contribution in [3.8, 4) is 0 Å². The van der Waals surface area contributed by atoms with Gasteiger partial charge in [0.25, 0.3) is 0 Å². The second kappa shape index (κ2) is 4.68. The predicted octanol–water partition coefficient (Wildman–Crippen LogP) is 1.92. The third-order valence-electron chi connectivity index (χ3n) is 2.99. The number of pyridine rings is 1. The number of nitrogens with zero attached hydrogens (tertiary/aromatic N) is 4. The Morgan fingerprint density at radius 3 is 2.85 bits per heavy atom. The first-order valence-electron chi connectivity index (χ1n) is 5.80. The quantitative estimate of drug-likeness (QED) is 0.732. The Morgan fingerprint density at radius 1 is 1.35 bits per heavy atom. The summed E-state index contributed by atoms with van der Waals surface area (Å²) in [6.07, 6.45) is 2.54. The molecule has 0 bridgehead atoms. The molecule has 0 aliphatic carbocycles. The maximum Gasteiger partial charge on any atom is 0.328 e. The number of halogens is 2. The number of imidazole rings is 1. The van der Waals surface area contributed by atoms with Crippen molar-refractivity contribution >= 4 is 22.8 Å². The Kier molecular flexibility index (Phi) is 2.98. The number of fused-ring (bicyclic) bond motifs is 1. The van der Waals surface area contributed by atoms with E-state index < -0.39 is 11.9 Å². The number of aromatic amines is 1. The Bertz CT molecular complexity index is 826. The number of nitrogens with one attached hydrogen (secondary N) is 1. The number of hydrogen-bond donors (Lipinski definition) is 1. The van der Waals surface area contributed by atoms with Gasteiger partial charge < -0.3 is 4.98 Å². The minimum atomic E-state index is -0.433. The molecule has 0 unspecified atom stereocenters. The Labute approximate surface area is 117 Å². The lowest BCUT2D eigenvalue weighted by molar-refractivity contribution is 0.592. The zero-order valence-electron chi connectivity index (χ0n) is 10.3. The van der Waals surface area contributed by atoms with Crippen LogP contribution in [0.1, 0.15) is 18.7 Å². The molecule has 1 N–H and O–H groups in total. The van der Waals surface area contributed by atoms with Crippen LogP contribution in [0.3, 0.4) is 0 Å². The van der Waals surface area contributed by atoms with Crippen LogP contribution in [0.25, 0.3) is 11.2 Å². The van der Waals surface area contributed by atoms with Crippen LogP contribution in [0.5, 0.6) is 0 Å². The first-order chi connectivity index (χ1) is 9.56. The van der Waals surface area contributed by atoms with Gasteiger partial charge in [0.15, 0.2) is 5.65 Å². The molecule has 0 saturated heterocycles. The fourth-order valence-corrected chi connectivity index (χ4v) is 2.15. The summed E-state index contributed by atoms with van der Waals surface area (Å²) < 4.78 is 14.3. The summed E-state index contributed by atoms with van der Waals surface area (Å²) in [7, 11) is 0. The van der Waals surface area contributed by atoms with Crippen LogP contribution in [0.15, 0.2) is 29.3 Å². The van der Waals surface area contributed by atoms with Crippen molar-refractivity contribution in [2.75, 3.05) is 0 Å². The summed E-state index contributed by atoms with van der Waals surface area (Å²) in [4.78, 5) is 26.5. The van der Waals surface area contributed by atoms with E-state index in [4.69, 9.17) is 11.6 Å². The van der Waals surface area contributed by atoms with Gasteiger partial charge in [-0.3, -0.25) is 9.55 Å². The fraction of sp³-hybridized carbons (Fsp3) is 0.167. The molecule has 3 rings (SSSR count). The van der Waals surface area contributed by atoms with Crippen LogP contribution in [0, 0.1) is 5.82 Å². The zero-order valence-corrected chi connectivity index (χ0v) is 11.1. The maximum absolute atomic E-state index is 12.9. The molecule has 0 aromatic carbocycles. The first kappa shape index (κ1) is 12.7. The minimum absolute atomic E-state index is 0.0458. The molecule has 1 atom stereocenters. The molecule has 20 heavy (non-hydrogen) atoms. The molecule has 3 aromatic rings. The summed E-state index contributed by atoms with van der Waals surface area (Å²) in [5, 5.41) is 0.0458. The molecular weight excluding hydrogens is 285 g/mol. The van der Waals surface area contributed by atoms with Crippen molar-refractivity contribution < 1.29 is 4.39 Å². The summed E-state index contributed by atoms with van der Waals surface area (Å²) in [5.41, 5.74) is 1.06. The van der Waals surface area contributed by atoms with Crippen molar-refractivity contribution in [1.82, 2.24) is 24.5 Å². The normalized spacial score (nSPS) is 12.8. The molecule has 3 aromatic heterocycles. The van der Waals surface area contributed by atoms with Crippen molar-refractivity contribution in [3.05, 3.63) is 51.8 Å². The van der Waals surface area contributed by atoms with E-state index in [-0.39, 0.29) is 11.0 Å². The first-order valence-corrected chi connectivity index (χ1v) is 6.18. The highest BCUT2D eigenvalue weighted by Crippen LogP contribution is 2.19. The SMILES string of the molecule is C[C@H](c1ccc(F)cn1)n1c(=O)[nH]c2cnc(Cl)nc21. The number of H-pyrrole nitrogens is 1. The molecule has 0 saturated carbocycles. The Hall–Kier alpha value is -2.28. The van der Waals surface area contributed by atoms with Gasteiger partial charge in [-0.15, -0.1) is 0 Å². The van der Waals surface area contributed by atoms with Gasteiger partial charge in [0.1, 0.15) is 11.3 Å². The summed E-state index contributed by atoms with van der Waals surface area (Å²) in [6.45, 7) is 1.77. The number of rotatable bonds is 2. The van der Waals surface area contributed by atoms with Crippen LogP contribution in [-0.4, -0.2) is 24.5 Å². The highest BCUT2D eigenvalue weighted by atomic mass is 35.5. The number of aromatic nitrogens is 5. The van der Waals surface area contributed by atoms with E-state index in [2.05, 4.69) is 19.9 Å². The Morgan fingerprint density at radius 2 is 2.15 bits per heavy atom. The minimum Gasteiger partial charge on any atom is -0.303 e. The van der Waals surface area contributed by atoms with Gasteiger partial charge in [0.2, 0.25) is 5.28 Å². The molecule has 102 valence electrons. The van der Waals surface area contributed by atoms with Gasteiger partial charge >= 0.3 is 5.69 Å². The largest absolute Gasteiger partial charge is 0.328 e. The van der Waals surface area contributed by atoms with Crippen molar-refractivity contribution in [3.63, 3.8) is 0 Å². The summed E-state index contributed by atoms with van der Waals surface area (Å²) >= 11 is 5.75. The summed E-state index contributed by atoms with van der Waals surface area (Å²) in [5.74, 6) is -0.433. The van der Waals surface area contributed by atoms with Gasteiger partial charge in [-0.1, -0.05) is 0 Å². The van der Waals surface area contributed by atoms with Crippen molar-refractivity contribution in [1.29, 1.82) is 0 Å². The van der Waals surface area contributed by atoms with Crippen LogP contribution in [-0.2, 0) is 0 Å². The second-order valence-corrected chi connectivity index (χ2v) is 4.59. The monoisotopic (exact) mass is 293 g/mol. The van der Waals surface area contributed by atoms with E-state index in [0.29, 0.717) is 16.9 Å². The molecule has 0 spiro atoms. The molecule has 0 aliphatic heterocycles. The van der Waals surface area contributed by atoms with Crippen LogP contribution in [0.4, 0.5) is 4.39 Å². The topological polar surface area (TPSA) is 76.5 Å². The van der Waals surface area contributed by atoms with Crippen LogP contribution >= 0.6 is 11.6 Å². The number of hydrogen-bond acceptors (Lipinski definition) is 4. The van der Waals surface area contributed by atoms with Gasteiger partial charge in [0.05, 0.1) is 24.1 Å². The smallest absolute Gasteiger partial charge is 0.303 e. The third kappa shape index (κ3) is 2.05. The molecule has 0 amide bonds. The van der Waals surface area contributed by atoms with E-state index in [1.807, 2.05) is 0 Å². The predicted molar refractivity (Wildman–Crippen MR) is 71.2 cm³/mol. The second-order valence-electron chi connectivity index (χ2n) is 4.25. The maximum atomic E-state index is 12.9. The molecular formula is C12H9ClFN5O.